The highest BCUT2D eigenvalue weighted by Gasteiger charge is 2.28. The van der Waals surface area contributed by atoms with Gasteiger partial charge in [-0.25, -0.2) is 9.37 Å². The maximum absolute atomic E-state index is 14.4. The molecule has 0 atom stereocenters. The molecule has 4 rings (SSSR count). The van der Waals surface area contributed by atoms with Crippen LogP contribution in [0.1, 0.15) is 25.3 Å². The van der Waals surface area contributed by atoms with E-state index in [2.05, 4.69) is 22.2 Å². The van der Waals surface area contributed by atoms with Gasteiger partial charge in [0.05, 0.1) is 24.5 Å². The number of H-pyrrole nitrogens is 1. The first-order chi connectivity index (χ1) is 13.6. The van der Waals surface area contributed by atoms with E-state index in [1.807, 2.05) is 24.4 Å². The van der Waals surface area contributed by atoms with Gasteiger partial charge in [-0.1, -0.05) is 19.1 Å². The van der Waals surface area contributed by atoms with Gasteiger partial charge in [-0.05, 0) is 43.6 Å². The minimum Gasteiger partial charge on any atom is -0.492 e. The molecular weight excluding hydrogens is 355 g/mol. The van der Waals surface area contributed by atoms with Gasteiger partial charge in [-0.15, -0.1) is 0 Å². The Balaban J connectivity index is 1.67. The second-order valence-electron chi connectivity index (χ2n) is 7.73. The average molecular weight is 378 g/mol. The minimum atomic E-state index is -0.373. The summed E-state index contributed by atoms with van der Waals surface area (Å²) in [6.07, 6.45) is 5.76. The van der Waals surface area contributed by atoms with Gasteiger partial charge < -0.3 is 15.0 Å². The van der Waals surface area contributed by atoms with Gasteiger partial charge in [0, 0.05) is 28.9 Å². The molecule has 3 heterocycles. The molecule has 2 aromatic heterocycles. The first-order valence-corrected chi connectivity index (χ1v) is 9.55. The van der Waals surface area contributed by atoms with Crippen molar-refractivity contribution in [2.75, 3.05) is 19.7 Å². The molecule has 5 nitrogen and oxygen atoms in total. The number of aromatic nitrogens is 2. The summed E-state index contributed by atoms with van der Waals surface area (Å²) >= 11 is 0. The van der Waals surface area contributed by atoms with Gasteiger partial charge >= 0.3 is 0 Å². The van der Waals surface area contributed by atoms with Crippen LogP contribution in [0, 0.1) is 22.6 Å². The van der Waals surface area contributed by atoms with E-state index in [4.69, 9.17) is 10.00 Å². The van der Waals surface area contributed by atoms with Crippen LogP contribution in [0.15, 0.2) is 36.7 Å². The Morgan fingerprint density at radius 3 is 2.86 bits per heavy atom. The predicted molar refractivity (Wildman–Crippen MR) is 107 cm³/mol. The van der Waals surface area contributed by atoms with Crippen LogP contribution in [0.5, 0.6) is 5.75 Å². The molecule has 3 aromatic rings. The Labute approximate surface area is 163 Å². The zero-order valence-electron chi connectivity index (χ0n) is 15.9. The van der Waals surface area contributed by atoms with E-state index in [-0.39, 0.29) is 17.7 Å². The van der Waals surface area contributed by atoms with Crippen LogP contribution in [-0.2, 0) is 6.42 Å². The molecular formula is C22H23FN4O. The Morgan fingerprint density at radius 1 is 1.29 bits per heavy atom. The van der Waals surface area contributed by atoms with Gasteiger partial charge in [0.15, 0.2) is 0 Å². The van der Waals surface area contributed by atoms with Crippen LogP contribution in [0.4, 0.5) is 4.39 Å². The Morgan fingerprint density at radius 2 is 2.11 bits per heavy atom. The number of fused-ring (bicyclic) bond motifs is 1. The smallest absolute Gasteiger partial charge is 0.141 e. The lowest BCUT2D eigenvalue weighted by molar-refractivity contribution is 0.124. The van der Waals surface area contributed by atoms with Gasteiger partial charge in [0.1, 0.15) is 17.2 Å². The molecule has 1 aliphatic rings. The van der Waals surface area contributed by atoms with Crippen LogP contribution in [0.25, 0.3) is 22.2 Å². The molecule has 1 aliphatic heterocycles. The van der Waals surface area contributed by atoms with E-state index in [1.54, 1.807) is 12.3 Å². The van der Waals surface area contributed by atoms with E-state index < -0.39 is 0 Å². The SMILES string of the molecule is CC1(COc2ccnc3[nH]cc(-c4ccc(CC#N)c(F)c4)c23)CCNCC1. The number of halogens is 1. The summed E-state index contributed by atoms with van der Waals surface area (Å²) in [5.41, 5.74) is 2.83. The molecule has 2 N–H and O–H groups in total. The maximum atomic E-state index is 14.4. The van der Waals surface area contributed by atoms with E-state index in [0.717, 1.165) is 48.2 Å². The van der Waals surface area contributed by atoms with Crippen LogP contribution in [-0.4, -0.2) is 29.7 Å². The summed E-state index contributed by atoms with van der Waals surface area (Å²) in [5.74, 6) is 0.379. The minimum absolute atomic E-state index is 0.0589. The van der Waals surface area contributed by atoms with Crippen LogP contribution >= 0.6 is 0 Å². The molecule has 0 radical (unpaired) electrons. The van der Waals surface area contributed by atoms with E-state index >= 15 is 0 Å². The number of nitrogens with one attached hydrogen (secondary N) is 2. The molecule has 0 amide bonds. The zero-order chi connectivity index (χ0) is 19.6. The van der Waals surface area contributed by atoms with E-state index in [0.29, 0.717) is 17.8 Å². The van der Waals surface area contributed by atoms with Crippen molar-refractivity contribution in [3.63, 3.8) is 0 Å². The predicted octanol–water partition coefficient (Wildman–Crippen LogP) is 4.20. The number of hydrogen-bond donors (Lipinski definition) is 2. The number of benzene rings is 1. The molecule has 0 unspecified atom stereocenters. The number of ether oxygens (including phenoxy) is 1. The van der Waals surface area contributed by atoms with Gasteiger partial charge in [-0.3, -0.25) is 0 Å². The first-order valence-electron chi connectivity index (χ1n) is 9.55. The lowest BCUT2D eigenvalue weighted by atomic mass is 9.82. The molecule has 144 valence electrons. The lowest BCUT2D eigenvalue weighted by Gasteiger charge is -2.33. The summed E-state index contributed by atoms with van der Waals surface area (Å²) in [7, 11) is 0. The molecule has 0 aliphatic carbocycles. The van der Waals surface area contributed by atoms with Crippen LogP contribution in [0.3, 0.4) is 0 Å². The van der Waals surface area contributed by atoms with Crippen molar-refractivity contribution in [3.8, 4) is 22.9 Å². The van der Waals surface area contributed by atoms with Gasteiger partial charge in [0.25, 0.3) is 0 Å². The topological polar surface area (TPSA) is 73.7 Å². The highest BCUT2D eigenvalue weighted by molar-refractivity contribution is 5.98. The average Bonchev–Trinajstić information content (AvgIpc) is 3.13. The number of aromatic amines is 1. The summed E-state index contributed by atoms with van der Waals surface area (Å²) < 4.78 is 20.6. The lowest BCUT2D eigenvalue weighted by Crippen LogP contribution is -2.38. The van der Waals surface area contributed by atoms with E-state index in [9.17, 15) is 4.39 Å². The maximum Gasteiger partial charge on any atom is 0.141 e. The van der Waals surface area contributed by atoms with Crippen molar-refractivity contribution >= 4 is 11.0 Å². The third kappa shape index (κ3) is 3.58. The zero-order valence-corrected chi connectivity index (χ0v) is 15.9. The van der Waals surface area contributed by atoms with E-state index in [1.165, 1.54) is 6.07 Å². The summed E-state index contributed by atoms with van der Waals surface area (Å²) in [6, 6.07) is 8.83. The van der Waals surface area contributed by atoms with Crippen molar-refractivity contribution in [1.29, 1.82) is 5.26 Å². The Kier molecular flexibility index (Phi) is 5.01. The second kappa shape index (κ2) is 7.61. The third-order valence-corrected chi connectivity index (χ3v) is 5.56. The molecule has 0 saturated carbocycles. The molecule has 1 aromatic carbocycles. The highest BCUT2D eigenvalue weighted by atomic mass is 19.1. The number of rotatable bonds is 5. The largest absolute Gasteiger partial charge is 0.492 e. The summed E-state index contributed by atoms with van der Waals surface area (Å²) in [6.45, 7) is 4.91. The molecule has 0 bridgehead atoms. The molecule has 1 fully saturated rings. The second-order valence-corrected chi connectivity index (χ2v) is 7.73. The van der Waals surface area contributed by atoms with Gasteiger partial charge in [-0.2, -0.15) is 5.26 Å². The van der Waals surface area contributed by atoms with Crippen LogP contribution < -0.4 is 10.1 Å². The number of pyridine rings is 1. The van der Waals surface area contributed by atoms with Crippen molar-refractivity contribution in [3.05, 3.63) is 48.0 Å². The summed E-state index contributed by atoms with van der Waals surface area (Å²) in [4.78, 5) is 7.55. The number of piperidine rings is 1. The number of hydrogen-bond acceptors (Lipinski definition) is 4. The van der Waals surface area contributed by atoms with Crippen molar-refractivity contribution < 1.29 is 9.13 Å². The Hall–Kier alpha value is -2.91. The molecule has 6 heteroatoms. The van der Waals surface area contributed by atoms with Gasteiger partial charge in [0.2, 0.25) is 0 Å². The van der Waals surface area contributed by atoms with Crippen molar-refractivity contribution in [2.45, 2.75) is 26.2 Å². The fourth-order valence-corrected chi connectivity index (χ4v) is 3.74. The molecule has 1 saturated heterocycles. The number of nitrogens with zero attached hydrogens (tertiary/aromatic N) is 2. The van der Waals surface area contributed by atoms with Crippen LogP contribution in [0.2, 0.25) is 0 Å². The highest BCUT2D eigenvalue weighted by Crippen LogP contribution is 2.36. The fraction of sp³-hybridized carbons (Fsp3) is 0.364. The normalized spacial score (nSPS) is 16.0. The quantitative estimate of drug-likeness (QED) is 0.698. The van der Waals surface area contributed by atoms with Crippen molar-refractivity contribution in [2.24, 2.45) is 5.41 Å². The first kappa shape index (κ1) is 18.5. The standard InChI is InChI=1S/C22H23FN4O/c1-22(6-10-25-11-7-22)14-28-19-5-9-26-21-20(19)17(13-27-21)16-3-2-15(4-8-24)18(23)12-16/h2-3,5,9,12-13,25H,4,6-7,10-11,14H2,1H3,(H,26,27). The monoisotopic (exact) mass is 378 g/mol. The molecule has 28 heavy (non-hydrogen) atoms. The fourth-order valence-electron chi connectivity index (χ4n) is 3.74. The summed E-state index contributed by atoms with van der Waals surface area (Å²) in [5, 5.41) is 13.1. The number of nitriles is 1. The third-order valence-electron chi connectivity index (χ3n) is 5.56. The van der Waals surface area contributed by atoms with Crippen molar-refractivity contribution in [1.82, 2.24) is 15.3 Å². The molecule has 0 spiro atoms. The Bertz CT molecular complexity index is 1030.